The zero-order chi connectivity index (χ0) is 11.4. The van der Waals surface area contributed by atoms with Crippen molar-refractivity contribution in [1.29, 1.82) is 0 Å². The third kappa shape index (κ3) is 2.82. The first-order valence-corrected chi connectivity index (χ1v) is 6.88. The van der Waals surface area contributed by atoms with Crippen LogP contribution in [0.25, 0.3) is 0 Å². The molecule has 1 aliphatic rings. The van der Waals surface area contributed by atoms with E-state index < -0.39 is 0 Å². The summed E-state index contributed by atoms with van der Waals surface area (Å²) < 4.78 is 0. The van der Waals surface area contributed by atoms with Crippen molar-refractivity contribution in [3.05, 3.63) is 16.1 Å². The molecule has 0 saturated heterocycles. The van der Waals surface area contributed by atoms with E-state index in [-0.39, 0.29) is 5.91 Å². The second-order valence-corrected chi connectivity index (χ2v) is 5.20. The summed E-state index contributed by atoms with van der Waals surface area (Å²) in [6, 6.07) is 0. The molecule has 0 unspecified atom stereocenters. The molecule has 1 aromatic rings. The van der Waals surface area contributed by atoms with Crippen LogP contribution in [0.4, 0.5) is 0 Å². The minimum absolute atomic E-state index is 0.234. The second-order valence-electron chi connectivity index (χ2n) is 4.25. The van der Waals surface area contributed by atoms with Crippen molar-refractivity contribution in [2.75, 3.05) is 6.54 Å². The van der Waals surface area contributed by atoms with Gasteiger partial charge in [0.05, 0.1) is 10.7 Å². The Bertz CT molecular complexity index is 358. The van der Waals surface area contributed by atoms with Crippen LogP contribution >= 0.6 is 11.3 Å². The molecule has 0 spiro atoms. The highest BCUT2D eigenvalue weighted by Crippen LogP contribution is 2.26. The average Bonchev–Trinajstić information content (AvgIpc) is 2.63. The average molecular weight is 238 g/mol. The Morgan fingerprint density at radius 1 is 1.62 bits per heavy atom. The monoisotopic (exact) mass is 238 g/mol. The van der Waals surface area contributed by atoms with Crippen molar-refractivity contribution >= 4 is 17.2 Å². The number of carbonyl (C=O) groups is 1. The Hall–Kier alpha value is -0.900. The molecule has 3 nitrogen and oxygen atoms in total. The highest BCUT2D eigenvalue weighted by molar-refractivity contribution is 7.09. The molecule has 1 fully saturated rings. The zero-order valence-corrected chi connectivity index (χ0v) is 10.5. The fraction of sp³-hybridized carbons (Fsp3) is 0.667. The largest absolute Gasteiger partial charge is 0.355 e. The van der Waals surface area contributed by atoms with Gasteiger partial charge in [0.1, 0.15) is 0 Å². The van der Waals surface area contributed by atoms with Crippen LogP contribution in [0.3, 0.4) is 0 Å². The fourth-order valence-electron chi connectivity index (χ4n) is 1.75. The van der Waals surface area contributed by atoms with Crippen LogP contribution in [0.15, 0.2) is 5.38 Å². The van der Waals surface area contributed by atoms with E-state index in [1.165, 1.54) is 11.4 Å². The van der Waals surface area contributed by atoms with Gasteiger partial charge in [-0.15, -0.1) is 11.3 Å². The van der Waals surface area contributed by atoms with Crippen molar-refractivity contribution in [3.8, 4) is 0 Å². The van der Waals surface area contributed by atoms with E-state index in [4.69, 9.17) is 0 Å². The maximum atomic E-state index is 11.5. The van der Waals surface area contributed by atoms with Crippen LogP contribution in [0.1, 0.15) is 36.9 Å². The van der Waals surface area contributed by atoms with Crippen molar-refractivity contribution in [2.45, 2.75) is 39.0 Å². The van der Waals surface area contributed by atoms with Gasteiger partial charge in [-0.3, -0.25) is 4.79 Å². The number of nitrogens with zero attached hydrogens (tertiary/aromatic N) is 1. The predicted molar refractivity (Wildman–Crippen MR) is 65.5 cm³/mol. The quantitative estimate of drug-likeness (QED) is 0.854. The molecule has 88 valence electrons. The molecule has 0 aliphatic heterocycles. The number of hydrogen-bond acceptors (Lipinski definition) is 3. The summed E-state index contributed by atoms with van der Waals surface area (Å²) in [5, 5.41) is 6.26. The highest BCUT2D eigenvalue weighted by atomic mass is 32.1. The van der Waals surface area contributed by atoms with E-state index in [0.29, 0.717) is 5.92 Å². The van der Waals surface area contributed by atoms with E-state index in [1.807, 2.05) is 0 Å². The number of aryl methyl sites for hydroxylation is 1. The number of nitrogens with one attached hydrogen (secondary N) is 1. The molecule has 0 atom stereocenters. The standard InChI is InChI=1S/C12H18N2OS/c1-2-11-14-10(8-16-11)6-7-13-12(15)9-4-3-5-9/h8-9H,2-7H2,1H3,(H,13,15). The Morgan fingerprint density at radius 3 is 3.00 bits per heavy atom. The molecule has 2 rings (SSSR count). The van der Waals surface area contributed by atoms with Crippen LogP contribution in [0, 0.1) is 5.92 Å². The van der Waals surface area contributed by atoms with Gasteiger partial charge >= 0.3 is 0 Å². The summed E-state index contributed by atoms with van der Waals surface area (Å²) in [4.78, 5) is 16.0. The lowest BCUT2D eigenvalue weighted by Gasteiger charge is -2.23. The summed E-state index contributed by atoms with van der Waals surface area (Å²) in [7, 11) is 0. The second kappa shape index (κ2) is 5.43. The first kappa shape index (κ1) is 11.6. The molecule has 1 heterocycles. The Balaban J connectivity index is 1.68. The van der Waals surface area contributed by atoms with Crippen molar-refractivity contribution in [2.24, 2.45) is 5.92 Å². The van der Waals surface area contributed by atoms with Gasteiger partial charge in [0.25, 0.3) is 0 Å². The van der Waals surface area contributed by atoms with Gasteiger partial charge in [-0.05, 0) is 19.3 Å². The Morgan fingerprint density at radius 2 is 2.44 bits per heavy atom. The number of hydrogen-bond donors (Lipinski definition) is 1. The SMILES string of the molecule is CCc1nc(CCNC(=O)C2CCC2)cs1. The Labute approximate surface area is 100 Å². The van der Waals surface area contributed by atoms with Gasteiger partial charge in [-0.25, -0.2) is 4.98 Å². The van der Waals surface area contributed by atoms with E-state index >= 15 is 0 Å². The van der Waals surface area contributed by atoms with Gasteiger partial charge in [0.2, 0.25) is 5.91 Å². The third-order valence-corrected chi connectivity index (χ3v) is 4.10. The molecular weight excluding hydrogens is 220 g/mol. The number of amides is 1. The third-order valence-electron chi connectivity index (χ3n) is 3.06. The minimum Gasteiger partial charge on any atom is -0.355 e. The zero-order valence-electron chi connectivity index (χ0n) is 9.66. The number of rotatable bonds is 5. The van der Waals surface area contributed by atoms with E-state index in [0.717, 1.165) is 37.9 Å². The maximum absolute atomic E-state index is 11.5. The molecule has 1 N–H and O–H groups in total. The molecule has 0 radical (unpaired) electrons. The van der Waals surface area contributed by atoms with E-state index in [9.17, 15) is 4.79 Å². The van der Waals surface area contributed by atoms with Crippen LogP contribution in [0.5, 0.6) is 0 Å². The van der Waals surface area contributed by atoms with Crippen LogP contribution in [-0.4, -0.2) is 17.4 Å². The van der Waals surface area contributed by atoms with Gasteiger partial charge in [-0.1, -0.05) is 13.3 Å². The smallest absolute Gasteiger partial charge is 0.223 e. The van der Waals surface area contributed by atoms with Crippen LogP contribution in [-0.2, 0) is 17.6 Å². The highest BCUT2D eigenvalue weighted by Gasteiger charge is 2.24. The molecule has 0 bridgehead atoms. The van der Waals surface area contributed by atoms with Gasteiger partial charge < -0.3 is 5.32 Å². The van der Waals surface area contributed by atoms with Crippen molar-refractivity contribution in [1.82, 2.24) is 10.3 Å². The van der Waals surface area contributed by atoms with E-state index in [2.05, 4.69) is 22.6 Å². The lowest BCUT2D eigenvalue weighted by atomic mass is 9.85. The Kier molecular flexibility index (Phi) is 3.93. The number of aromatic nitrogens is 1. The summed E-state index contributed by atoms with van der Waals surface area (Å²) in [5.41, 5.74) is 1.11. The predicted octanol–water partition coefficient (Wildman–Crippen LogP) is 2.16. The molecule has 1 aromatic heterocycles. The van der Waals surface area contributed by atoms with Crippen LogP contribution < -0.4 is 5.32 Å². The van der Waals surface area contributed by atoms with Crippen LogP contribution in [0.2, 0.25) is 0 Å². The van der Waals surface area contributed by atoms with E-state index in [1.54, 1.807) is 11.3 Å². The molecule has 1 aliphatic carbocycles. The molecular formula is C12H18N2OS. The number of carbonyl (C=O) groups excluding carboxylic acids is 1. The minimum atomic E-state index is 0.234. The first-order valence-electron chi connectivity index (χ1n) is 6.00. The molecule has 1 amide bonds. The maximum Gasteiger partial charge on any atom is 0.223 e. The number of thiazole rings is 1. The van der Waals surface area contributed by atoms with Crippen molar-refractivity contribution in [3.63, 3.8) is 0 Å². The first-order chi connectivity index (χ1) is 7.79. The van der Waals surface area contributed by atoms with Gasteiger partial charge in [-0.2, -0.15) is 0 Å². The summed E-state index contributed by atoms with van der Waals surface area (Å²) >= 11 is 1.71. The molecule has 16 heavy (non-hydrogen) atoms. The summed E-state index contributed by atoms with van der Waals surface area (Å²) in [5.74, 6) is 0.527. The molecule has 4 heteroatoms. The normalized spacial score (nSPS) is 15.8. The summed E-state index contributed by atoms with van der Waals surface area (Å²) in [6.07, 6.45) is 5.21. The van der Waals surface area contributed by atoms with Gasteiger partial charge in [0.15, 0.2) is 0 Å². The topological polar surface area (TPSA) is 42.0 Å². The molecule has 1 saturated carbocycles. The van der Waals surface area contributed by atoms with Gasteiger partial charge in [0, 0.05) is 24.3 Å². The fourth-order valence-corrected chi connectivity index (χ4v) is 2.53. The lowest BCUT2D eigenvalue weighted by molar-refractivity contribution is -0.127. The summed E-state index contributed by atoms with van der Waals surface area (Å²) in [6.45, 7) is 2.84. The van der Waals surface area contributed by atoms with Crippen molar-refractivity contribution < 1.29 is 4.79 Å². The lowest BCUT2D eigenvalue weighted by Crippen LogP contribution is -2.35. The molecule has 0 aromatic carbocycles.